The van der Waals surface area contributed by atoms with E-state index in [0.29, 0.717) is 0 Å². The summed E-state index contributed by atoms with van der Waals surface area (Å²) in [5.74, 6) is 0. The van der Waals surface area contributed by atoms with Crippen LogP contribution in [0.4, 0.5) is 5.69 Å². The minimum absolute atomic E-state index is 0.885. The van der Waals surface area contributed by atoms with Crippen LogP contribution in [0.2, 0.25) is 0 Å². The van der Waals surface area contributed by atoms with E-state index in [1.807, 2.05) is 7.05 Å². The summed E-state index contributed by atoms with van der Waals surface area (Å²) in [6.45, 7) is 1.05. The van der Waals surface area contributed by atoms with E-state index in [4.69, 9.17) is 0 Å². The zero-order valence-electron chi connectivity index (χ0n) is 11.5. The Bertz CT molecular complexity index is 515. The van der Waals surface area contributed by atoms with E-state index in [0.717, 1.165) is 24.2 Å². The first-order valence-electron chi connectivity index (χ1n) is 6.54. The summed E-state index contributed by atoms with van der Waals surface area (Å²) in [7, 11) is 3.63. The van der Waals surface area contributed by atoms with Gasteiger partial charge in [-0.15, -0.1) is 0 Å². The lowest BCUT2D eigenvalue weighted by molar-refractivity contribution is 0.830. The molecule has 2 rings (SSSR count). The minimum atomic E-state index is 0.885. The Morgan fingerprint density at radius 1 is 1.42 bits per heavy atom. The fourth-order valence-electron chi connectivity index (χ4n) is 2.11. The third-order valence-electron chi connectivity index (χ3n) is 3.11. The molecular weight excluding hydrogens is 236 g/mol. The summed E-state index contributed by atoms with van der Waals surface area (Å²) in [4.78, 5) is 8.49. The Balaban J connectivity index is 2.19. The molecule has 0 amide bonds. The normalized spacial score (nSPS) is 15.6. The van der Waals surface area contributed by atoms with Gasteiger partial charge in [-0.25, -0.2) is 0 Å². The number of nitrogens with zero attached hydrogens (tertiary/aromatic N) is 2. The van der Waals surface area contributed by atoms with E-state index in [2.05, 4.69) is 38.8 Å². The Hall–Kier alpha value is -2.10. The van der Waals surface area contributed by atoms with Crippen LogP contribution in [-0.2, 0) is 6.42 Å². The highest BCUT2D eigenvalue weighted by molar-refractivity contribution is 6.38. The number of fused-ring (bicyclic) bond motifs is 1. The molecule has 1 aliphatic rings. The summed E-state index contributed by atoms with van der Waals surface area (Å²) in [5, 5.41) is 6.33. The maximum atomic E-state index is 4.29. The van der Waals surface area contributed by atoms with Crippen LogP contribution in [0, 0.1) is 0 Å². The molecule has 0 aromatic heterocycles. The van der Waals surface area contributed by atoms with Gasteiger partial charge in [-0.2, -0.15) is 0 Å². The molecule has 100 valence electrons. The number of anilines is 1. The predicted octanol–water partition coefficient (Wildman–Crippen LogP) is 2.22. The van der Waals surface area contributed by atoms with Gasteiger partial charge in [-0.1, -0.05) is 12.1 Å². The van der Waals surface area contributed by atoms with Crippen molar-refractivity contribution in [3.05, 3.63) is 41.7 Å². The third-order valence-corrected chi connectivity index (χ3v) is 3.11. The Morgan fingerprint density at radius 2 is 2.32 bits per heavy atom. The predicted molar refractivity (Wildman–Crippen MR) is 82.4 cm³/mol. The SMILES string of the molecule is C\N=C(/C=N\C=C\NC)c1ccc2c(c1)NCCC2. The van der Waals surface area contributed by atoms with Crippen molar-refractivity contribution in [3.63, 3.8) is 0 Å². The van der Waals surface area contributed by atoms with Crippen LogP contribution in [0.3, 0.4) is 0 Å². The second-order valence-electron chi connectivity index (χ2n) is 4.39. The second kappa shape index (κ2) is 6.73. The molecule has 0 bridgehead atoms. The lowest BCUT2D eigenvalue weighted by Gasteiger charge is -2.18. The van der Waals surface area contributed by atoms with Gasteiger partial charge in [0, 0.05) is 44.3 Å². The van der Waals surface area contributed by atoms with Gasteiger partial charge in [0.15, 0.2) is 0 Å². The third kappa shape index (κ3) is 3.44. The molecule has 0 spiro atoms. The van der Waals surface area contributed by atoms with E-state index < -0.39 is 0 Å². The Kier molecular flexibility index (Phi) is 4.72. The fraction of sp³-hybridized carbons (Fsp3) is 0.333. The molecule has 0 radical (unpaired) electrons. The molecule has 0 atom stereocenters. The maximum absolute atomic E-state index is 4.29. The second-order valence-corrected chi connectivity index (χ2v) is 4.39. The van der Waals surface area contributed by atoms with Crippen molar-refractivity contribution in [2.24, 2.45) is 9.98 Å². The molecule has 1 aromatic carbocycles. The van der Waals surface area contributed by atoms with Gasteiger partial charge >= 0.3 is 0 Å². The summed E-state index contributed by atoms with van der Waals surface area (Å²) in [6, 6.07) is 6.45. The standard InChI is InChI=1S/C15H20N4/c1-16-8-9-18-11-15(17-2)13-6-5-12-4-3-7-19-14(12)10-13/h5-6,8-11,16,19H,3-4,7H2,1-2H3/b9-8+,17-15+,18-11-. The first-order chi connectivity index (χ1) is 9.35. The lowest BCUT2D eigenvalue weighted by atomic mass is 9.99. The van der Waals surface area contributed by atoms with Gasteiger partial charge in [0.2, 0.25) is 0 Å². The summed E-state index contributed by atoms with van der Waals surface area (Å²) < 4.78 is 0. The number of hydrogen-bond acceptors (Lipinski definition) is 4. The molecule has 0 saturated heterocycles. The van der Waals surface area contributed by atoms with Crippen LogP contribution in [0.25, 0.3) is 0 Å². The number of aliphatic imine (C=N–C) groups is 2. The van der Waals surface area contributed by atoms with Gasteiger partial charge in [-0.3, -0.25) is 9.98 Å². The molecule has 1 aromatic rings. The largest absolute Gasteiger partial charge is 0.393 e. The lowest BCUT2D eigenvalue weighted by Crippen LogP contribution is -2.13. The molecule has 1 aliphatic heterocycles. The first-order valence-corrected chi connectivity index (χ1v) is 6.54. The van der Waals surface area contributed by atoms with Crippen molar-refractivity contribution in [2.75, 3.05) is 26.0 Å². The van der Waals surface area contributed by atoms with Gasteiger partial charge in [-0.05, 0) is 24.5 Å². The number of nitrogens with one attached hydrogen (secondary N) is 2. The molecule has 2 N–H and O–H groups in total. The molecule has 0 aliphatic carbocycles. The average Bonchev–Trinajstić information content (AvgIpc) is 2.47. The van der Waals surface area contributed by atoms with Crippen molar-refractivity contribution in [3.8, 4) is 0 Å². The van der Waals surface area contributed by atoms with E-state index in [1.165, 1.54) is 17.7 Å². The highest BCUT2D eigenvalue weighted by Crippen LogP contribution is 2.23. The zero-order chi connectivity index (χ0) is 13.5. The minimum Gasteiger partial charge on any atom is -0.393 e. The van der Waals surface area contributed by atoms with Crippen LogP contribution in [-0.4, -0.2) is 32.6 Å². The van der Waals surface area contributed by atoms with Gasteiger partial charge in [0.1, 0.15) is 0 Å². The molecule has 1 heterocycles. The van der Waals surface area contributed by atoms with Crippen LogP contribution < -0.4 is 10.6 Å². The molecule has 0 unspecified atom stereocenters. The summed E-state index contributed by atoms with van der Waals surface area (Å²) in [6.07, 6.45) is 7.62. The number of aryl methyl sites for hydroxylation is 1. The Labute approximate surface area is 114 Å². The van der Waals surface area contributed by atoms with Crippen LogP contribution in [0.5, 0.6) is 0 Å². The van der Waals surface area contributed by atoms with Crippen molar-refractivity contribution in [1.82, 2.24) is 5.32 Å². The number of hydrogen-bond donors (Lipinski definition) is 2. The molecule has 19 heavy (non-hydrogen) atoms. The van der Waals surface area contributed by atoms with Crippen LogP contribution in [0.1, 0.15) is 17.5 Å². The first kappa shape index (κ1) is 13.3. The molecule has 4 heteroatoms. The van der Waals surface area contributed by atoms with E-state index >= 15 is 0 Å². The van der Waals surface area contributed by atoms with Crippen molar-refractivity contribution >= 4 is 17.6 Å². The monoisotopic (exact) mass is 256 g/mol. The van der Waals surface area contributed by atoms with Gasteiger partial charge < -0.3 is 10.6 Å². The fourth-order valence-corrected chi connectivity index (χ4v) is 2.11. The van der Waals surface area contributed by atoms with Gasteiger partial charge in [0.25, 0.3) is 0 Å². The quantitative estimate of drug-likeness (QED) is 0.812. The topological polar surface area (TPSA) is 48.8 Å². The highest BCUT2D eigenvalue weighted by atomic mass is 14.9. The van der Waals surface area contributed by atoms with Crippen molar-refractivity contribution < 1.29 is 0 Å². The average molecular weight is 256 g/mol. The van der Waals surface area contributed by atoms with E-state index in [1.54, 1.807) is 25.7 Å². The van der Waals surface area contributed by atoms with Crippen molar-refractivity contribution in [1.29, 1.82) is 0 Å². The number of benzene rings is 1. The van der Waals surface area contributed by atoms with E-state index in [9.17, 15) is 0 Å². The van der Waals surface area contributed by atoms with Crippen molar-refractivity contribution in [2.45, 2.75) is 12.8 Å². The van der Waals surface area contributed by atoms with Gasteiger partial charge in [0.05, 0.1) is 11.9 Å². The Morgan fingerprint density at radius 3 is 3.11 bits per heavy atom. The smallest absolute Gasteiger partial charge is 0.0826 e. The highest BCUT2D eigenvalue weighted by Gasteiger charge is 2.10. The maximum Gasteiger partial charge on any atom is 0.0826 e. The number of rotatable bonds is 4. The molecular formula is C15H20N4. The van der Waals surface area contributed by atoms with Crippen LogP contribution >= 0.6 is 0 Å². The molecule has 4 nitrogen and oxygen atoms in total. The summed E-state index contributed by atoms with van der Waals surface area (Å²) in [5.41, 5.74) is 4.59. The molecule has 0 fully saturated rings. The van der Waals surface area contributed by atoms with Crippen LogP contribution in [0.15, 0.2) is 40.6 Å². The zero-order valence-corrected chi connectivity index (χ0v) is 11.5. The summed E-state index contributed by atoms with van der Waals surface area (Å²) >= 11 is 0. The van der Waals surface area contributed by atoms with E-state index in [-0.39, 0.29) is 0 Å². The molecule has 0 saturated carbocycles.